The first-order valence-electron chi connectivity index (χ1n) is 11.6. The molecule has 3 rings (SSSR count). The van der Waals surface area contributed by atoms with Crippen molar-refractivity contribution in [2.24, 2.45) is 0 Å². The van der Waals surface area contributed by atoms with Gasteiger partial charge in [0, 0.05) is 18.7 Å². The number of para-hydroxylation sites is 1. The van der Waals surface area contributed by atoms with Crippen molar-refractivity contribution in [2.45, 2.75) is 63.5 Å². The van der Waals surface area contributed by atoms with Crippen LogP contribution in [0.3, 0.4) is 0 Å². The van der Waals surface area contributed by atoms with Crippen LogP contribution < -0.4 is 10.2 Å². The predicted molar refractivity (Wildman–Crippen MR) is 126 cm³/mol. The number of aryl methyl sites for hydroxylation is 2. The highest BCUT2D eigenvalue weighted by atomic mass is 16.4. The summed E-state index contributed by atoms with van der Waals surface area (Å²) < 4.78 is 0. The topological polar surface area (TPSA) is 107 Å². The zero-order chi connectivity index (χ0) is 23.6. The Hall–Kier alpha value is -3.19. The molecule has 33 heavy (non-hydrogen) atoms. The zero-order valence-electron chi connectivity index (χ0n) is 18.8. The highest BCUT2D eigenvalue weighted by Crippen LogP contribution is 2.27. The molecular weight excluding hydrogens is 420 g/mol. The van der Waals surface area contributed by atoms with Crippen molar-refractivity contribution >= 4 is 23.5 Å². The summed E-state index contributed by atoms with van der Waals surface area (Å²) in [6.45, 7) is 0.406. The number of hydrogen-bond acceptors (Lipinski definition) is 4. The summed E-state index contributed by atoms with van der Waals surface area (Å²) >= 11 is 0. The average Bonchev–Trinajstić information content (AvgIpc) is 2.80. The number of aliphatic carboxylic acids is 2. The van der Waals surface area contributed by atoms with Gasteiger partial charge in [0.25, 0.3) is 0 Å². The fourth-order valence-electron chi connectivity index (χ4n) is 4.32. The second-order valence-corrected chi connectivity index (χ2v) is 8.50. The number of unbranched alkanes of at least 4 members (excludes halogenated alkanes) is 1. The second kappa shape index (κ2) is 12.2. The number of amides is 1. The molecule has 0 aliphatic carbocycles. The van der Waals surface area contributed by atoms with Gasteiger partial charge in [-0.05, 0) is 62.1 Å². The maximum Gasteiger partial charge on any atom is 0.320 e. The number of nitrogens with zero attached hydrogens (tertiary/aromatic N) is 1. The Balaban J connectivity index is 1.74. The van der Waals surface area contributed by atoms with Gasteiger partial charge in [-0.3, -0.25) is 19.7 Å². The number of carboxylic acid groups (broad SMARTS) is 2. The number of fused-ring (bicyclic) bond motifs is 1. The fourth-order valence-corrected chi connectivity index (χ4v) is 4.32. The van der Waals surface area contributed by atoms with Gasteiger partial charge < -0.3 is 15.1 Å². The maximum atomic E-state index is 13.6. The van der Waals surface area contributed by atoms with Crippen LogP contribution in [0, 0.1) is 0 Å². The number of carboxylic acids is 2. The molecule has 2 atom stereocenters. The lowest BCUT2D eigenvalue weighted by molar-refractivity contribution is -0.140. The number of anilines is 1. The molecule has 7 heteroatoms. The molecule has 0 spiro atoms. The summed E-state index contributed by atoms with van der Waals surface area (Å²) in [4.78, 5) is 38.1. The van der Waals surface area contributed by atoms with Crippen LogP contribution in [0.5, 0.6) is 0 Å². The van der Waals surface area contributed by atoms with E-state index in [1.165, 1.54) is 0 Å². The lowest BCUT2D eigenvalue weighted by atomic mass is 9.96. The lowest BCUT2D eigenvalue weighted by Crippen LogP contribution is -2.53. The van der Waals surface area contributed by atoms with Crippen molar-refractivity contribution in [3.8, 4) is 0 Å². The molecule has 2 aromatic carbocycles. The van der Waals surface area contributed by atoms with E-state index in [2.05, 4.69) is 5.32 Å². The molecule has 2 unspecified atom stereocenters. The van der Waals surface area contributed by atoms with Gasteiger partial charge in [0.2, 0.25) is 5.91 Å². The summed E-state index contributed by atoms with van der Waals surface area (Å²) in [6.07, 6.45) is 4.22. The van der Waals surface area contributed by atoms with Crippen molar-refractivity contribution in [3.63, 3.8) is 0 Å². The molecule has 3 N–H and O–H groups in total. The number of carbonyl (C=O) groups is 3. The summed E-state index contributed by atoms with van der Waals surface area (Å²) in [5.41, 5.74) is 2.98. The van der Waals surface area contributed by atoms with Crippen LogP contribution in [0.2, 0.25) is 0 Å². The van der Waals surface area contributed by atoms with Gasteiger partial charge in [0.15, 0.2) is 0 Å². The number of hydrogen-bond donors (Lipinski definition) is 3. The molecule has 1 heterocycles. The average molecular weight is 453 g/mol. The summed E-state index contributed by atoms with van der Waals surface area (Å²) in [5, 5.41) is 21.9. The number of rotatable bonds is 11. The van der Waals surface area contributed by atoms with Crippen LogP contribution in [0.1, 0.15) is 49.7 Å². The molecule has 0 saturated carbocycles. The minimum atomic E-state index is -0.964. The van der Waals surface area contributed by atoms with E-state index < -0.39 is 24.0 Å². The fraction of sp³-hybridized carbons (Fsp3) is 0.423. The molecule has 0 radical (unpaired) electrons. The quantitative estimate of drug-likeness (QED) is 0.449. The molecular formula is C26H32N2O5. The molecule has 7 nitrogen and oxygen atoms in total. The van der Waals surface area contributed by atoms with Crippen LogP contribution in [-0.2, 0) is 27.2 Å². The zero-order valence-corrected chi connectivity index (χ0v) is 18.8. The molecule has 0 fully saturated rings. The standard InChI is InChI=1S/C26H32N2O5/c29-24(30)15-6-7-18-28-23-14-5-4-11-20(23)12-8-13-21(25(28)31)27-22(26(32)33)17-16-19-9-2-1-3-10-19/h1-5,9-11,14,21-22,27H,6-8,12-13,15-18H2,(H,29,30)(H,32,33). The van der Waals surface area contributed by atoms with Crippen LogP contribution in [-0.4, -0.2) is 46.7 Å². The number of benzene rings is 2. The first-order valence-corrected chi connectivity index (χ1v) is 11.6. The molecule has 1 aliphatic rings. The van der Waals surface area contributed by atoms with E-state index in [1.54, 1.807) is 4.90 Å². The van der Waals surface area contributed by atoms with E-state index in [-0.39, 0.29) is 12.3 Å². The van der Waals surface area contributed by atoms with Crippen LogP contribution in [0.15, 0.2) is 54.6 Å². The second-order valence-electron chi connectivity index (χ2n) is 8.50. The monoisotopic (exact) mass is 452 g/mol. The maximum absolute atomic E-state index is 13.6. The first kappa shape index (κ1) is 24.5. The van der Waals surface area contributed by atoms with Crippen LogP contribution >= 0.6 is 0 Å². The minimum Gasteiger partial charge on any atom is -0.481 e. The Morgan fingerprint density at radius 2 is 1.76 bits per heavy atom. The first-order chi connectivity index (χ1) is 16.0. The summed E-state index contributed by atoms with van der Waals surface area (Å²) in [5.74, 6) is -1.96. The van der Waals surface area contributed by atoms with E-state index in [1.807, 2.05) is 54.6 Å². The third kappa shape index (κ3) is 7.15. The Bertz CT molecular complexity index is 947. The molecule has 0 aromatic heterocycles. The van der Waals surface area contributed by atoms with Crippen LogP contribution in [0.25, 0.3) is 0 Å². The number of carbonyl (C=O) groups excluding carboxylic acids is 1. The van der Waals surface area contributed by atoms with Gasteiger partial charge in [-0.1, -0.05) is 48.5 Å². The summed E-state index contributed by atoms with van der Waals surface area (Å²) in [6, 6.07) is 16.0. The van der Waals surface area contributed by atoms with Gasteiger partial charge in [-0.15, -0.1) is 0 Å². The van der Waals surface area contributed by atoms with E-state index in [4.69, 9.17) is 5.11 Å². The Labute approximate surface area is 194 Å². The Kier molecular flexibility index (Phi) is 9.01. The predicted octanol–water partition coefficient (Wildman–Crippen LogP) is 3.66. The molecule has 176 valence electrons. The van der Waals surface area contributed by atoms with E-state index in [0.29, 0.717) is 38.6 Å². The summed E-state index contributed by atoms with van der Waals surface area (Å²) in [7, 11) is 0. The van der Waals surface area contributed by atoms with Gasteiger partial charge in [-0.2, -0.15) is 0 Å². The largest absolute Gasteiger partial charge is 0.481 e. The van der Waals surface area contributed by atoms with E-state index >= 15 is 0 Å². The van der Waals surface area contributed by atoms with Gasteiger partial charge in [-0.25, -0.2) is 0 Å². The minimum absolute atomic E-state index is 0.0614. The van der Waals surface area contributed by atoms with Gasteiger partial charge in [0.1, 0.15) is 6.04 Å². The highest BCUT2D eigenvalue weighted by molar-refractivity contribution is 5.98. The molecule has 2 aromatic rings. The van der Waals surface area contributed by atoms with Crippen LogP contribution in [0.4, 0.5) is 5.69 Å². The SMILES string of the molecule is O=C(O)CCCCN1C(=O)C(NC(CCc2ccccc2)C(=O)O)CCCc2ccccc21. The van der Waals surface area contributed by atoms with E-state index in [0.717, 1.165) is 29.7 Å². The lowest BCUT2D eigenvalue weighted by Gasteiger charge is -2.33. The van der Waals surface area contributed by atoms with Crippen molar-refractivity contribution in [1.82, 2.24) is 5.32 Å². The molecule has 0 saturated heterocycles. The third-order valence-electron chi connectivity index (χ3n) is 6.07. The smallest absolute Gasteiger partial charge is 0.320 e. The van der Waals surface area contributed by atoms with Crippen molar-refractivity contribution < 1.29 is 24.6 Å². The normalized spacial score (nSPS) is 17.0. The Morgan fingerprint density at radius 3 is 2.48 bits per heavy atom. The molecule has 1 amide bonds. The molecule has 0 bridgehead atoms. The van der Waals surface area contributed by atoms with Gasteiger partial charge >= 0.3 is 11.9 Å². The highest BCUT2D eigenvalue weighted by Gasteiger charge is 2.31. The van der Waals surface area contributed by atoms with Gasteiger partial charge in [0.05, 0.1) is 6.04 Å². The van der Waals surface area contributed by atoms with Crippen molar-refractivity contribution in [2.75, 3.05) is 11.4 Å². The molecule has 1 aliphatic heterocycles. The number of nitrogens with one attached hydrogen (secondary N) is 1. The Morgan fingerprint density at radius 1 is 1.03 bits per heavy atom. The third-order valence-corrected chi connectivity index (χ3v) is 6.07. The van der Waals surface area contributed by atoms with Crippen molar-refractivity contribution in [1.29, 1.82) is 0 Å². The van der Waals surface area contributed by atoms with Crippen molar-refractivity contribution in [3.05, 3.63) is 65.7 Å². The van der Waals surface area contributed by atoms with E-state index in [9.17, 15) is 19.5 Å².